The molecule has 27 heavy (non-hydrogen) atoms. The first kappa shape index (κ1) is 19.8. The van der Waals surface area contributed by atoms with Crippen molar-refractivity contribution in [3.63, 3.8) is 0 Å². The summed E-state index contributed by atoms with van der Waals surface area (Å²) in [6.45, 7) is 3.75. The summed E-state index contributed by atoms with van der Waals surface area (Å²) >= 11 is 0. The zero-order valence-corrected chi connectivity index (χ0v) is 16.4. The van der Waals surface area contributed by atoms with E-state index >= 15 is 0 Å². The van der Waals surface area contributed by atoms with Gasteiger partial charge in [0.1, 0.15) is 6.04 Å². The number of sulfonamides is 1. The van der Waals surface area contributed by atoms with Gasteiger partial charge >= 0.3 is 5.97 Å². The Morgan fingerprint density at radius 3 is 2.30 bits per heavy atom. The van der Waals surface area contributed by atoms with Gasteiger partial charge in [0.2, 0.25) is 10.0 Å². The first-order valence-electron chi connectivity index (χ1n) is 8.99. The lowest BCUT2D eigenvalue weighted by molar-refractivity contribution is -0.142. The SMILES string of the molecule is COC(=O)C1CC(S(=O)(=O)N2CCN(c3ccc(C(C)=O)cc3)CC2)CN1. The molecule has 2 fully saturated rings. The summed E-state index contributed by atoms with van der Waals surface area (Å²) in [5.41, 5.74) is 1.64. The van der Waals surface area contributed by atoms with E-state index in [1.54, 1.807) is 12.1 Å². The number of piperazine rings is 1. The van der Waals surface area contributed by atoms with Gasteiger partial charge in [0.05, 0.1) is 12.4 Å². The molecule has 2 heterocycles. The number of hydrogen-bond donors (Lipinski definition) is 1. The molecule has 3 rings (SSSR count). The van der Waals surface area contributed by atoms with Crippen LogP contribution in [0.5, 0.6) is 0 Å². The molecule has 2 aliphatic heterocycles. The monoisotopic (exact) mass is 395 g/mol. The van der Waals surface area contributed by atoms with Gasteiger partial charge in [0.25, 0.3) is 0 Å². The van der Waals surface area contributed by atoms with E-state index in [4.69, 9.17) is 0 Å². The van der Waals surface area contributed by atoms with E-state index in [0.717, 1.165) is 5.69 Å². The fourth-order valence-corrected chi connectivity index (χ4v) is 5.41. The molecule has 2 atom stereocenters. The molecule has 0 radical (unpaired) electrons. The van der Waals surface area contributed by atoms with Crippen molar-refractivity contribution >= 4 is 27.5 Å². The highest BCUT2D eigenvalue weighted by Gasteiger charge is 2.41. The molecular formula is C18H25N3O5S. The third-order valence-electron chi connectivity index (χ3n) is 5.23. The average Bonchev–Trinajstić information content (AvgIpc) is 3.18. The molecule has 0 saturated carbocycles. The van der Waals surface area contributed by atoms with Gasteiger partial charge in [-0.1, -0.05) is 0 Å². The molecule has 1 aromatic carbocycles. The third-order valence-corrected chi connectivity index (χ3v) is 7.52. The number of methoxy groups -OCH3 is 1. The zero-order valence-electron chi connectivity index (χ0n) is 15.6. The van der Waals surface area contributed by atoms with Gasteiger partial charge in [0, 0.05) is 44.0 Å². The van der Waals surface area contributed by atoms with Crippen LogP contribution in [0, 0.1) is 0 Å². The summed E-state index contributed by atoms with van der Waals surface area (Å²) in [5, 5.41) is 2.32. The zero-order chi connectivity index (χ0) is 19.6. The summed E-state index contributed by atoms with van der Waals surface area (Å²) < 4.78 is 32.0. The molecule has 0 bridgehead atoms. The van der Waals surface area contributed by atoms with E-state index in [-0.39, 0.29) is 18.7 Å². The van der Waals surface area contributed by atoms with Crippen LogP contribution in [0.4, 0.5) is 5.69 Å². The molecule has 1 N–H and O–H groups in total. The van der Waals surface area contributed by atoms with Crippen LogP contribution >= 0.6 is 0 Å². The number of carbonyl (C=O) groups excluding carboxylic acids is 2. The quantitative estimate of drug-likeness (QED) is 0.564. The predicted molar refractivity (Wildman–Crippen MR) is 101 cm³/mol. The Bertz CT molecular complexity index is 801. The highest BCUT2D eigenvalue weighted by atomic mass is 32.2. The smallest absolute Gasteiger partial charge is 0.322 e. The van der Waals surface area contributed by atoms with Crippen LogP contribution in [0.1, 0.15) is 23.7 Å². The lowest BCUT2D eigenvalue weighted by Crippen LogP contribution is -2.51. The van der Waals surface area contributed by atoms with Gasteiger partial charge in [-0.15, -0.1) is 0 Å². The van der Waals surface area contributed by atoms with Crippen molar-refractivity contribution < 1.29 is 22.7 Å². The average molecular weight is 395 g/mol. The Kier molecular flexibility index (Phi) is 5.83. The molecule has 2 saturated heterocycles. The summed E-state index contributed by atoms with van der Waals surface area (Å²) in [6.07, 6.45) is 0.238. The van der Waals surface area contributed by atoms with Gasteiger partial charge in [-0.3, -0.25) is 9.59 Å². The van der Waals surface area contributed by atoms with E-state index in [1.807, 2.05) is 12.1 Å². The maximum atomic E-state index is 12.9. The van der Waals surface area contributed by atoms with Crippen LogP contribution in [0.2, 0.25) is 0 Å². The molecule has 0 amide bonds. The molecule has 148 valence electrons. The standard InChI is InChI=1S/C18H25N3O5S/c1-13(22)14-3-5-15(6-4-14)20-7-9-21(10-8-20)27(24,25)16-11-17(19-12-16)18(23)26-2/h3-6,16-17,19H,7-12H2,1-2H3. The number of benzene rings is 1. The highest BCUT2D eigenvalue weighted by Crippen LogP contribution is 2.23. The molecule has 0 spiro atoms. The number of Topliss-reactive ketones (excluding diaryl/α,β-unsaturated/α-hetero) is 1. The predicted octanol–water partition coefficient (Wildman–Crippen LogP) is 0.245. The first-order chi connectivity index (χ1) is 12.8. The fourth-order valence-electron chi connectivity index (χ4n) is 3.57. The van der Waals surface area contributed by atoms with Crippen molar-refractivity contribution in [2.75, 3.05) is 44.7 Å². The van der Waals surface area contributed by atoms with E-state index in [9.17, 15) is 18.0 Å². The highest BCUT2D eigenvalue weighted by molar-refractivity contribution is 7.89. The Hall–Kier alpha value is -1.97. The number of ketones is 1. The lowest BCUT2D eigenvalue weighted by atomic mass is 10.1. The maximum Gasteiger partial charge on any atom is 0.322 e. The van der Waals surface area contributed by atoms with E-state index in [0.29, 0.717) is 31.7 Å². The van der Waals surface area contributed by atoms with Crippen molar-refractivity contribution in [3.8, 4) is 0 Å². The van der Waals surface area contributed by atoms with Crippen LogP contribution < -0.4 is 10.2 Å². The summed E-state index contributed by atoms with van der Waals surface area (Å²) in [6, 6.07) is 6.80. The molecule has 0 aromatic heterocycles. The van der Waals surface area contributed by atoms with Crippen molar-refractivity contribution in [2.24, 2.45) is 0 Å². The van der Waals surface area contributed by atoms with E-state index < -0.39 is 27.3 Å². The maximum absolute atomic E-state index is 12.9. The number of esters is 1. The molecule has 8 nitrogen and oxygen atoms in total. The van der Waals surface area contributed by atoms with Crippen LogP contribution in [-0.4, -0.2) is 75.6 Å². The van der Waals surface area contributed by atoms with Crippen LogP contribution in [0.3, 0.4) is 0 Å². The van der Waals surface area contributed by atoms with Crippen LogP contribution in [-0.2, 0) is 19.6 Å². The van der Waals surface area contributed by atoms with E-state index in [2.05, 4.69) is 15.0 Å². The van der Waals surface area contributed by atoms with E-state index in [1.165, 1.54) is 18.3 Å². The molecule has 2 unspecified atom stereocenters. The first-order valence-corrected chi connectivity index (χ1v) is 10.5. The minimum Gasteiger partial charge on any atom is -0.468 e. The third kappa shape index (κ3) is 4.15. The summed E-state index contributed by atoms with van der Waals surface area (Å²) in [5.74, 6) is -0.403. The Labute approximate surface area is 159 Å². The van der Waals surface area contributed by atoms with Gasteiger partial charge in [-0.05, 0) is 37.6 Å². The van der Waals surface area contributed by atoms with Crippen molar-refractivity contribution in [3.05, 3.63) is 29.8 Å². The topological polar surface area (TPSA) is 96.0 Å². The van der Waals surface area contributed by atoms with Gasteiger partial charge in [0.15, 0.2) is 5.78 Å². The molecule has 9 heteroatoms. The molecule has 2 aliphatic rings. The number of carbonyl (C=O) groups is 2. The lowest BCUT2D eigenvalue weighted by Gasteiger charge is -2.36. The van der Waals surface area contributed by atoms with Crippen LogP contribution in [0.15, 0.2) is 24.3 Å². The fraction of sp³-hybridized carbons (Fsp3) is 0.556. The van der Waals surface area contributed by atoms with Gasteiger partial charge in [-0.2, -0.15) is 4.31 Å². The summed E-state index contributed by atoms with van der Waals surface area (Å²) in [4.78, 5) is 25.1. The number of nitrogens with zero attached hydrogens (tertiary/aromatic N) is 2. The van der Waals surface area contributed by atoms with Crippen molar-refractivity contribution in [1.82, 2.24) is 9.62 Å². The minimum absolute atomic E-state index is 0.0212. The molecule has 1 aromatic rings. The normalized spacial score (nSPS) is 24.0. The second-order valence-electron chi connectivity index (χ2n) is 6.88. The van der Waals surface area contributed by atoms with Gasteiger partial charge in [-0.25, -0.2) is 8.42 Å². The van der Waals surface area contributed by atoms with Crippen LogP contribution in [0.25, 0.3) is 0 Å². The minimum atomic E-state index is -3.47. The number of rotatable bonds is 5. The summed E-state index contributed by atoms with van der Waals surface area (Å²) in [7, 11) is -2.17. The molecular weight excluding hydrogens is 370 g/mol. The molecule has 0 aliphatic carbocycles. The van der Waals surface area contributed by atoms with Crippen molar-refractivity contribution in [2.45, 2.75) is 24.6 Å². The van der Waals surface area contributed by atoms with Crippen molar-refractivity contribution in [1.29, 1.82) is 0 Å². The number of hydrogen-bond acceptors (Lipinski definition) is 7. The Morgan fingerprint density at radius 1 is 1.11 bits per heavy atom. The number of ether oxygens (including phenoxy) is 1. The largest absolute Gasteiger partial charge is 0.468 e. The second-order valence-corrected chi connectivity index (χ2v) is 9.09. The number of anilines is 1. The Morgan fingerprint density at radius 2 is 1.74 bits per heavy atom. The second kappa shape index (κ2) is 7.95. The number of nitrogens with one attached hydrogen (secondary N) is 1. The van der Waals surface area contributed by atoms with Gasteiger partial charge < -0.3 is 15.0 Å². The Balaban J connectivity index is 1.60.